The average Bonchev–Trinajstić information content (AvgIpc) is 3.11. The Morgan fingerprint density at radius 3 is 2.75 bits per heavy atom. The molecule has 1 heterocycles. The molecule has 0 aromatic rings. The highest BCUT2D eigenvalue weighted by atomic mass is 15.3. The molecule has 0 bridgehead atoms. The van der Waals surface area contributed by atoms with Gasteiger partial charge in [-0.2, -0.15) is 0 Å². The first-order valence-corrected chi connectivity index (χ1v) is 7.23. The molecule has 1 aliphatic carbocycles. The van der Waals surface area contributed by atoms with Gasteiger partial charge in [-0.25, -0.2) is 0 Å². The van der Waals surface area contributed by atoms with Gasteiger partial charge in [-0.1, -0.05) is 26.2 Å². The smallest absolute Gasteiger partial charge is 0.0334 e. The highest BCUT2D eigenvalue weighted by Crippen LogP contribution is 2.43. The molecular formula is C14H28N2. The van der Waals surface area contributed by atoms with Gasteiger partial charge in [0.1, 0.15) is 0 Å². The van der Waals surface area contributed by atoms with Gasteiger partial charge in [0.2, 0.25) is 0 Å². The lowest BCUT2D eigenvalue weighted by atomic mass is 9.91. The highest BCUT2D eigenvalue weighted by molar-refractivity contribution is 5.02. The van der Waals surface area contributed by atoms with Crippen molar-refractivity contribution in [3.05, 3.63) is 0 Å². The number of nitrogens with one attached hydrogen (secondary N) is 1. The summed E-state index contributed by atoms with van der Waals surface area (Å²) in [6.07, 6.45) is 8.50. The van der Waals surface area contributed by atoms with Gasteiger partial charge >= 0.3 is 0 Å². The molecule has 0 aromatic heterocycles. The maximum absolute atomic E-state index is 3.59. The molecule has 0 spiro atoms. The Bertz CT molecular complexity index is 213. The zero-order chi connectivity index (χ0) is 11.4. The van der Waals surface area contributed by atoms with Crippen molar-refractivity contribution < 1.29 is 0 Å². The molecule has 2 fully saturated rings. The monoisotopic (exact) mass is 224 g/mol. The Labute approximate surface area is 101 Å². The van der Waals surface area contributed by atoms with Crippen LogP contribution >= 0.6 is 0 Å². The van der Waals surface area contributed by atoms with Crippen molar-refractivity contribution in [1.29, 1.82) is 0 Å². The summed E-state index contributed by atoms with van der Waals surface area (Å²) in [5.41, 5.74) is 0.477. The van der Waals surface area contributed by atoms with Crippen molar-refractivity contribution in [3.63, 3.8) is 0 Å². The molecule has 2 heteroatoms. The summed E-state index contributed by atoms with van der Waals surface area (Å²) in [4.78, 5) is 2.77. The molecule has 2 aliphatic rings. The molecule has 1 unspecified atom stereocenters. The second kappa shape index (κ2) is 5.50. The van der Waals surface area contributed by atoms with E-state index in [1.54, 1.807) is 0 Å². The van der Waals surface area contributed by atoms with Crippen LogP contribution in [0.15, 0.2) is 0 Å². The van der Waals surface area contributed by atoms with Gasteiger partial charge in [0.25, 0.3) is 0 Å². The minimum absolute atomic E-state index is 0.477. The highest BCUT2D eigenvalue weighted by Gasteiger charge is 2.46. The maximum atomic E-state index is 3.59. The summed E-state index contributed by atoms with van der Waals surface area (Å²) in [6.45, 7) is 9.77. The molecule has 1 aliphatic heterocycles. The summed E-state index contributed by atoms with van der Waals surface area (Å²) >= 11 is 0. The first kappa shape index (κ1) is 12.4. The second-order valence-corrected chi connectivity index (χ2v) is 5.86. The minimum atomic E-state index is 0.477. The molecule has 2 rings (SSSR count). The number of hydrogen-bond donors (Lipinski definition) is 1. The first-order chi connectivity index (χ1) is 7.77. The second-order valence-electron chi connectivity index (χ2n) is 5.86. The minimum Gasteiger partial charge on any atom is -0.314 e. The van der Waals surface area contributed by atoms with Crippen molar-refractivity contribution in [2.45, 2.75) is 57.9 Å². The van der Waals surface area contributed by atoms with Crippen molar-refractivity contribution in [3.8, 4) is 0 Å². The molecule has 1 atom stereocenters. The van der Waals surface area contributed by atoms with E-state index in [1.807, 2.05) is 0 Å². The predicted octanol–water partition coefficient (Wildman–Crippen LogP) is 2.64. The van der Waals surface area contributed by atoms with Crippen LogP contribution in [0, 0.1) is 5.92 Å². The standard InChI is InChI=1S/C14H28N2/c1-3-4-5-6-10-16-11-9-15-12-14(16,2)13-7-8-13/h13,15H,3-12H2,1-2H3. The van der Waals surface area contributed by atoms with Gasteiger partial charge in [0, 0.05) is 25.2 Å². The van der Waals surface area contributed by atoms with Crippen LogP contribution < -0.4 is 5.32 Å². The number of piperazine rings is 1. The molecule has 16 heavy (non-hydrogen) atoms. The van der Waals surface area contributed by atoms with E-state index in [4.69, 9.17) is 0 Å². The number of rotatable bonds is 6. The summed E-state index contributed by atoms with van der Waals surface area (Å²) in [5.74, 6) is 0.978. The van der Waals surface area contributed by atoms with E-state index < -0.39 is 0 Å². The topological polar surface area (TPSA) is 15.3 Å². The van der Waals surface area contributed by atoms with Crippen LogP contribution in [0.3, 0.4) is 0 Å². The van der Waals surface area contributed by atoms with Crippen LogP contribution in [0.2, 0.25) is 0 Å². The molecule has 0 aromatic carbocycles. The zero-order valence-electron chi connectivity index (χ0n) is 11.1. The van der Waals surface area contributed by atoms with E-state index >= 15 is 0 Å². The van der Waals surface area contributed by atoms with E-state index in [2.05, 4.69) is 24.1 Å². The maximum Gasteiger partial charge on any atom is 0.0334 e. The van der Waals surface area contributed by atoms with Gasteiger partial charge in [0.05, 0.1) is 0 Å². The van der Waals surface area contributed by atoms with Crippen LogP contribution in [-0.2, 0) is 0 Å². The third-order valence-corrected chi connectivity index (χ3v) is 4.50. The molecule has 0 amide bonds. The predicted molar refractivity (Wildman–Crippen MR) is 69.7 cm³/mol. The number of unbranched alkanes of at least 4 members (excludes halogenated alkanes) is 3. The zero-order valence-corrected chi connectivity index (χ0v) is 11.1. The Balaban J connectivity index is 1.80. The fourth-order valence-electron chi connectivity index (χ4n) is 3.13. The van der Waals surface area contributed by atoms with Crippen molar-refractivity contribution in [2.75, 3.05) is 26.2 Å². The third-order valence-electron chi connectivity index (χ3n) is 4.50. The fraction of sp³-hybridized carbons (Fsp3) is 1.00. The summed E-state index contributed by atoms with van der Waals surface area (Å²) < 4.78 is 0. The molecule has 1 N–H and O–H groups in total. The molecule has 1 saturated heterocycles. The van der Waals surface area contributed by atoms with E-state index in [1.165, 1.54) is 64.7 Å². The summed E-state index contributed by atoms with van der Waals surface area (Å²) in [5, 5.41) is 3.59. The molecule has 94 valence electrons. The van der Waals surface area contributed by atoms with E-state index in [-0.39, 0.29) is 0 Å². The first-order valence-electron chi connectivity index (χ1n) is 7.23. The van der Waals surface area contributed by atoms with Crippen LogP contribution in [0.25, 0.3) is 0 Å². The van der Waals surface area contributed by atoms with Gasteiger partial charge < -0.3 is 5.32 Å². The average molecular weight is 224 g/mol. The number of nitrogens with zero attached hydrogens (tertiary/aromatic N) is 1. The Morgan fingerprint density at radius 2 is 2.06 bits per heavy atom. The quantitative estimate of drug-likeness (QED) is 0.698. The lowest BCUT2D eigenvalue weighted by molar-refractivity contribution is 0.0542. The SMILES string of the molecule is CCCCCCN1CCNCC1(C)C1CC1. The third kappa shape index (κ3) is 2.78. The normalized spacial score (nSPS) is 31.9. The van der Waals surface area contributed by atoms with Gasteiger partial charge in [-0.05, 0) is 38.6 Å². The fourth-order valence-corrected chi connectivity index (χ4v) is 3.13. The van der Waals surface area contributed by atoms with Crippen LogP contribution in [0.4, 0.5) is 0 Å². The molecule has 2 nitrogen and oxygen atoms in total. The largest absolute Gasteiger partial charge is 0.314 e. The van der Waals surface area contributed by atoms with E-state index in [9.17, 15) is 0 Å². The van der Waals surface area contributed by atoms with Crippen molar-refractivity contribution >= 4 is 0 Å². The van der Waals surface area contributed by atoms with Gasteiger partial charge in [0.15, 0.2) is 0 Å². The van der Waals surface area contributed by atoms with Crippen molar-refractivity contribution in [2.24, 2.45) is 5.92 Å². The van der Waals surface area contributed by atoms with Crippen LogP contribution in [0.5, 0.6) is 0 Å². The Morgan fingerprint density at radius 1 is 1.25 bits per heavy atom. The summed E-state index contributed by atoms with van der Waals surface area (Å²) in [7, 11) is 0. The van der Waals surface area contributed by atoms with E-state index in [0.717, 1.165) is 5.92 Å². The Kier molecular flexibility index (Phi) is 4.26. The number of hydrogen-bond acceptors (Lipinski definition) is 2. The van der Waals surface area contributed by atoms with Crippen LogP contribution in [-0.4, -0.2) is 36.6 Å². The lowest BCUT2D eigenvalue weighted by Crippen LogP contribution is -2.61. The molecular weight excluding hydrogens is 196 g/mol. The summed E-state index contributed by atoms with van der Waals surface area (Å²) in [6, 6.07) is 0. The van der Waals surface area contributed by atoms with Gasteiger partial charge in [-0.15, -0.1) is 0 Å². The Hall–Kier alpha value is -0.0800. The molecule has 0 radical (unpaired) electrons. The van der Waals surface area contributed by atoms with Crippen molar-refractivity contribution in [1.82, 2.24) is 10.2 Å². The molecule has 1 saturated carbocycles. The lowest BCUT2D eigenvalue weighted by Gasteiger charge is -2.46. The van der Waals surface area contributed by atoms with Crippen LogP contribution in [0.1, 0.15) is 52.4 Å². The van der Waals surface area contributed by atoms with Gasteiger partial charge in [-0.3, -0.25) is 4.90 Å². The van der Waals surface area contributed by atoms with E-state index in [0.29, 0.717) is 5.54 Å².